The lowest BCUT2D eigenvalue weighted by Gasteiger charge is -2.33. The van der Waals surface area contributed by atoms with Gasteiger partial charge in [0, 0.05) is 25.8 Å². The number of fused-ring (bicyclic) bond motifs is 1. The summed E-state index contributed by atoms with van der Waals surface area (Å²) in [6, 6.07) is 2.23. The van der Waals surface area contributed by atoms with E-state index in [1.165, 1.54) is 11.1 Å². The van der Waals surface area contributed by atoms with Crippen LogP contribution >= 0.6 is 0 Å². The highest BCUT2D eigenvalue weighted by atomic mass is 16.6. The first kappa shape index (κ1) is 16.2. The third-order valence-corrected chi connectivity index (χ3v) is 4.51. The van der Waals surface area contributed by atoms with Crippen molar-refractivity contribution in [2.75, 3.05) is 24.5 Å². The van der Waals surface area contributed by atoms with Gasteiger partial charge in [-0.15, -0.1) is 0 Å². The smallest absolute Gasteiger partial charge is 0.309 e. The first-order valence-corrected chi connectivity index (χ1v) is 8.59. The lowest BCUT2D eigenvalue weighted by atomic mass is 9.96. The first-order valence-electron chi connectivity index (χ1n) is 8.59. The summed E-state index contributed by atoms with van der Waals surface area (Å²) < 4.78 is 5.51. The summed E-state index contributed by atoms with van der Waals surface area (Å²) in [6.45, 7) is 9.46. The fourth-order valence-corrected chi connectivity index (χ4v) is 3.25. The average Bonchev–Trinajstić information content (AvgIpc) is 2.53. The van der Waals surface area contributed by atoms with Crippen molar-refractivity contribution in [1.82, 2.24) is 10.3 Å². The number of anilines is 1. The van der Waals surface area contributed by atoms with Crippen LogP contribution in [0.25, 0.3) is 0 Å². The maximum absolute atomic E-state index is 12.2. The molecule has 126 valence electrons. The van der Waals surface area contributed by atoms with E-state index in [4.69, 9.17) is 4.74 Å². The van der Waals surface area contributed by atoms with Crippen LogP contribution in [-0.4, -0.2) is 36.2 Å². The van der Waals surface area contributed by atoms with Gasteiger partial charge in [-0.2, -0.15) is 0 Å². The van der Waals surface area contributed by atoms with Gasteiger partial charge in [0.1, 0.15) is 11.4 Å². The van der Waals surface area contributed by atoms with Crippen LogP contribution in [0.4, 0.5) is 5.82 Å². The fourth-order valence-electron chi connectivity index (χ4n) is 3.25. The largest absolute Gasteiger partial charge is 0.460 e. The van der Waals surface area contributed by atoms with Gasteiger partial charge >= 0.3 is 5.97 Å². The molecule has 0 radical (unpaired) electrons. The summed E-state index contributed by atoms with van der Waals surface area (Å²) in [4.78, 5) is 19.1. The lowest BCUT2D eigenvalue weighted by molar-refractivity contribution is -0.160. The fraction of sp³-hybridized carbons (Fsp3) is 0.667. The van der Waals surface area contributed by atoms with Crippen molar-refractivity contribution in [3.8, 4) is 0 Å². The molecule has 0 spiro atoms. The lowest BCUT2D eigenvalue weighted by Crippen LogP contribution is -2.39. The molecule has 3 rings (SSSR count). The zero-order chi connectivity index (χ0) is 16.4. The third kappa shape index (κ3) is 4.02. The molecule has 23 heavy (non-hydrogen) atoms. The minimum absolute atomic E-state index is 0.0207. The standard InChI is InChI=1S/C18H27N3O2/c1-18(2,3)23-17(22)13-5-8-21(9-6-13)16-10-14-4-7-19-11-15(14)12-20-16/h10,12-13,19H,4-9,11H2,1-3H3. The van der Waals surface area contributed by atoms with Crippen LogP contribution in [0.2, 0.25) is 0 Å². The number of hydrogen-bond donors (Lipinski definition) is 1. The second kappa shape index (κ2) is 6.48. The van der Waals surface area contributed by atoms with E-state index in [1.807, 2.05) is 27.0 Å². The molecule has 0 aliphatic carbocycles. The number of esters is 1. The molecule has 0 aromatic carbocycles. The second-order valence-electron chi connectivity index (χ2n) is 7.53. The number of hydrogen-bond acceptors (Lipinski definition) is 5. The molecule has 0 saturated carbocycles. The Hall–Kier alpha value is -1.62. The number of nitrogens with one attached hydrogen (secondary N) is 1. The third-order valence-electron chi connectivity index (χ3n) is 4.51. The molecule has 0 unspecified atom stereocenters. The zero-order valence-electron chi connectivity index (χ0n) is 14.4. The maximum Gasteiger partial charge on any atom is 0.309 e. The summed E-state index contributed by atoms with van der Waals surface area (Å²) >= 11 is 0. The van der Waals surface area contributed by atoms with E-state index in [-0.39, 0.29) is 11.9 Å². The quantitative estimate of drug-likeness (QED) is 0.848. The van der Waals surface area contributed by atoms with Crippen molar-refractivity contribution in [2.45, 2.75) is 52.2 Å². The van der Waals surface area contributed by atoms with Crippen molar-refractivity contribution in [3.63, 3.8) is 0 Å². The van der Waals surface area contributed by atoms with Gasteiger partial charge in [-0.25, -0.2) is 4.98 Å². The zero-order valence-corrected chi connectivity index (χ0v) is 14.4. The molecule has 1 N–H and O–H groups in total. The normalized spacial score (nSPS) is 19.3. The van der Waals surface area contributed by atoms with Gasteiger partial charge in [-0.05, 0) is 63.8 Å². The van der Waals surface area contributed by atoms with Gasteiger partial charge in [-0.3, -0.25) is 4.79 Å². The SMILES string of the molecule is CC(C)(C)OC(=O)C1CCN(c2cc3c(cn2)CNCC3)CC1. The van der Waals surface area contributed by atoms with Crippen LogP contribution in [0.1, 0.15) is 44.7 Å². The van der Waals surface area contributed by atoms with Crippen molar-refractivity contribution in [3.05, 3.63) is 23.4 Å². The Morgan fingerprint density at radius 2 is 2.04 bits per heavy atom. The summed E-state index contributed by atoms with van der Waals surface area (Å²) in [5.74, 6) is 1.02. The van der Waals surface area contributed by atoms with Gasteiger partial charge in [0.15, 0.2) is 0 Å². The van der Waals surface area contributed by atoms with Crippen molar-refractivity contribution >= 4 is 11.8 Å². The number of carbonyl (C=O) groups is 1. The molecule has 2 aliphatic heterocycles. The van der Waals surface area contributed by atoms with E-state index in [2.05, 4.69) is 21.3 Å². The van der Waals surface area contributed by atoms with Crippen LogP contribution in [0, 0.1) is 5.92 Å². The van der Waals surface area contributed by atoms with Gasteiger partial charge in [0.2, 0.25) is 0 Å². The Balaban J connectivity index is 1.60. The second-order valence-corrected chi connectivity index (χ2v) is 7.53. The Morgan fingerprint density at radius 3 is 2.74 bits per heavy atom. The molecule has 1 saturated heterocycles. The van der Waals surface area contributed by atoms with E-state index in [9.17, 15) is 4.79 Å². The number of carbonyl (C=O) groups excluding carboxylic acids is 1. The van der Waals surface area contributed by atoms with Crippen LogP contribution in [-0.2, 0) is 22.5 Å². The number of ether oxygens (including phenoxy) is 1. The Morgan fingerprint density at radius 1 is 1.30 bits per heavy atom. The number of nitrogens with zero attached hydrogens (tertiary/aromatic N) is 2. The van der Waals surface area contributed by atoms with Gasteiger partial charge in [-0.1, -0.05) is 0 Å². The summed E-state index contributed by atoms with van der Waals surface area (Å²) in [5, 5.41) is 3.37. The first-order chi connectivity index (χ1) is 10.9. The van der Waals surface area contributed by atoms with E-state index in [0.29, 0.717) is 0 Å². The Labute approximate surface area is 138 Å². The number of piperidine rings is 1. The highest BCUT2D eigenvalue weighted by molar-refractivity contribution is 5.73. The van der Waals surface area contributed by atoms with Crippen molar-refractivity contribution in [2.24, 2.45) is 5.92 Å². The molecular formula is C18H27N3O2. The molecule has 1 fully saturated rings. The van der Waals surface area contributed by atoms with Crippen LogP contribution in [0.15, 0.2) is 12.3 Å². The Kier molecular flexibility index (Phi) is 4.57. The monoisotopic (exact) mass is 317 g/mol. The minimum Gasteiger partial charge on any atom is -0.460 e. The number of rotatable bonds is 2. The van der Waals surface area contributed by atoms with Crippen LogP contribution in [0.5, 0.6) is 0 Å². The average molecular weight is 317 g/mol. The molecule has 0 atom stereocenters. The van der Waals surface area contributed by atoms with E-state index in [0.717, 1.165) is 51.3 Å². The predicted octanol–water partition coefficient (Wildman–Crippen LogP) is 2.29. The highest BCUT2D eigenvalue weighted by Crippen LogP contribution is 2.26. The summed E-state index contributed by atoms with van der Waals surface area (Å²) in [5.41, 5.74) is 2.31. The van der Waals surface area contributed by atoms with E-state index >= 15 is 0 Å². The molecule has 5 nitrogen and oxygen atoms in total. The summed E-state index contributed by atoms with van der Waals surface area (Å²) in [7, 11) is 0. The topological polar surface area (TPSA) is 54.5 Å². The van der Waals surface area contributed by atoms with Gasteiger partial charge in [0.05, 0.1) is 5.92 Å². The molecule has 0 amide bonds. The van der Waals surface area contributed by atoms with Crippen LogP contribution < -0.4 is 10.2 Å². The molecular weight excluding hydrogens is 290 g/mol. The molecule has 1 aromatic heterocycles. The predicted molar refractivity (Wildman–Crippen MR) is 90.4 cm³/mol. The highest BCUT2D eigenvalue weighted by Gasteiger charge is 2.29. The number of aromatic nitrogens is 1. The van der Waals surface area contributed by atoms with Gasteiger partial charge in [0.25, 0.3) is 0 Å². The number of pyridine rings is 1. The van der Waals surface area contributed by atoms with E-state index < -0.39 is 5.60 Å². The molecule has 0 bridgehead atoms. The molecule has 2 aliphatic rings. The minimum atomic E-state index is -0.400. The maximum atomic E-state index is 12.2. The van der Waals surface area contributed by atoms with E-state index in [1.54, 1.807) is 0 Å². The Bertz CT molecular complexity index is 572. The molecule has 5 heteroatoms. The van der Waals surface area contributed by atoms with Crippen molar-refractivity contribution < 1.29 is 9.53 Å². The summed E-state index contributed by atoms with van der Waals surface area (Å²) in [6.07, 6.45) is 4.75. The molecule has 3 heterocycles. The van der Waals surface area contributed by atoms with Gasteiger partial charge < -0.3 is 15.0 Å². The molecule has 1 aromatic rings. The van der Waals surface area contributed by atoms with Crippen molar-refractivity contribution in [1.29, 1.82) is 0 Å². The van der Waals surface area contributed by atoms with Crippen LogP contribution in [0.3, 0.4) is 0 Å².